The first-order valence-electron chi connectivity index (χ1n) is 8.31. The largest absolute Gasteiger partial charge is 0.469 e. The van der Waals surface area contributed by atoms with Crippen molar-refractivity contribution in [1.29, 1.82) is 0 Å². The standard InChI is InChI=1S/C18H29NO/c1-18(2,3)14-7-6-13(12-19-15-8-9-15)16(11-14)17-5-4-10-20-17/h4-5,10,13-16,19H,6-9,11-12H2,1-3H3. The molecule has 2 nitrogen and oxygen atoms in total. The highest BCUT2D eigenvalue weighted by Gasteiger charge is 2.38. The summed E-state index contributed by atoms with van der Waals surface area (Å²) in [5, 5.41) is 3.73. The Hall–Kier alpha value is -0.760. The quantitative estimate of drug-likeness (QED) is 0.870. The predicted molar refractivity (Wildman–Crippen MR) is 82.8 cm³/mol. The van der Waals surface area contributed by atoms with Crippen molar-refractivity contribution in [3.63, 3.8) is 0 Å². The molecule has 1 heterocycles. The van der Waals surface area contributed by atoms with Crippen LogP contribution < -0.4 is 5.32 Å². The second-order valence-electron chi connectivity index (χ2n) is 7.94. The van der Waals surface area contributed by atoms with Crippen LogP contribution in [0.4, 0.5) is 0 Å². The molecule has 2 aliphatic rings. The van der Waals surface area contributed by atoms with Crippen LogP contribution in [-0.4, -0.2) is 12.6 Å². The van der Waals surface area contributed by atoms with Crippen molar-refractivity contribution in [3.05, 3.63) is 24.2 Å². The van der Waals surface area contributed by atoms with Crippen LogP contribution in [0, 0.1) is 17.3 Å². The summed E-state index contributed by atoms with van der Waals surface area (Å²) in [5.41, 5.74) is 0.416. The van der Waals surface area contributed by atoms with E-state index in [0.717, 1.165) is 17.9 Å². The van der Waals surface area contributed by atoms with Gasteiger partial charge in [-0.25, -0.2) is 0 Å². The molecule has 0 radical (unpaired) electrons. The lowest BCUT2D eigenvalue weighted by Gasteiger charge is -2.41. The van der Waals surface area contributed by atoms with E-state index < -0.39 is 0 Å². The Morgan fingerprint density at radius 3 is 2.60 bits per heavy atom. The summed E-state index contributed by atoms with van der Waals surface area (Å²) in [7, 11) is 0. The molecule has 0 aromatic carbocycles. The highest BCUT2D eigenvalue weighted by Crippen LogP contribution is 2.46. The second-order valence-corrected chi connectivity index (χ2v) is 7.94. The second kappa shape index (κ2) is 5.55. The molecule has 3 atom stereocenters. The minimum absolute atomic E-state index is 0.416. The van der Waals surface area contributed by atoms with Crippen LogP contribution >= 0.6 is 0 Å². The van der Waals surface area contributed by atoms with Gasteiger partial charge in [0.2, 0.25) is 0 Å². The molecule has 0 saturated heterocycles. The molecular formula is C18H29NO. The molecule has 0 amide bonds. The summed E-state index contributed by atoms with van der Waals surface area (Å²) >= 11 is 0. The smallest absolute Gasteiger partial charge is 0.107 e. The van der Waals surface area contributed by atoms with Crippen molar-refractivity contribution >= 4 is 0 Å². The van der Waals surface area contributed by atoms with Crippen LogP contribution in [0.3, 0.4) is 0 Å². The average molecular weight is 275 g/mol. The maximum Gasteiger partial charge on any atom is 0.107 e. The third kappa shape index (κ3) is 3.28. The molecule has 0 spiro atoms. The van der Waals surface area contributed by atoms with E-state index in [1.54, 1.807) is 0 Å². The summed E-state index contributed by atoms with van der Waals surface area (Å²) < 4.78 is 5.76. The maximum atomic E-state index is 5.76. The molecule has 0 bridgehead atoms. The van der Waals surface area contributed by atoms with Gasteiger partial charge in [0.15, 0.2) is 0 Å². The normalized spacial score (nSPS) is 31.4. The van der Waals surface area contributed by atoms with Gasteiger partial charge in [-0.3, -0.25) is 0 Å². The zero-order chi connectivity index (χ0) is 14.2. The Labute approximate surface area is 123 Å². The fourth-order valence-corrected chi connectivity index (χ4v) is 3.72. The first-order valence-corrected chi connectivity index (χ1v) is 8.31. The van der Waals surface area contributed by atoms with Gasteiger partial charge in [0.25, 0.3) is 0 Å². The van der Waals surface area contributed by atoms with Gasteiger partial charge in [0, 0.05) is 12.0 Å². The lowest BCUT2D eigenvalue weighted by molar-refractivity contribution is 0.120. The Morgan fingerprint density at radius 2 is 2.00 bits per heavy atom. The van der Waals surface area contributed by atoms with Crippen molar-refractivity contribution in [2.45, 2.75) is 64.8 Å². The molecule has 3 rings (SSSR count). The highest BCUT2D eigenvalue weighted by atomic mass is 16.3. The van der Waals surface area contributed by atoms with Gasteiger partial charge in [-0.15, -0.1) is 0 Å². The fraction of sp³-hybridized carbons (Fsp3) is 0.778. The van der Waals surface area contributed by atoms with Crippen molar-refractivity contribution in [2.24, 2.45) is 17.3 Å². The zero-order valence-corrected chi connectivity index (χ0v) is 13.2. The van der Waals surface area contributed by atoms with Crippen LogP contribution in [0.5, 0.6) is 0 Å². The summed E-state index contributed by atoms with van der Waals surface area (Å²) in [6.45, 7) is 8.34. The van der Waals surface area contributed by atoms with E-state index in [4.69, 9.17) is 4.42 Å². The Bertz CT molecular complexity index is 413. The van der Waals surface area contributed by atoms with Gasteiger partial charge >= 0.3 is 0 Å². The molecule has 0 aliphatic heterocycles. The van der Waals surface area contributed by atoms with Crippen LogP contribution in [0.15, 0.2) is 22.8 Å². The first-order chi connectivity index (χ1) is 9.54. The van der Waals surface area contributed by atoms with E-state index in [9.17, 15) is 0 Å². The van der Waals surface area contributed by atoms with E-state index in [1.807, 2.05) is 12.3 Å². The molecule has 2 heteroatoms. The van der Waals surface area contributed by atoms with E-state index in [2.05, 4.69) is 32.2 Å². The van der Waals surface area contributed by atoms with Gasteiger partial charge in [-0.05, 0) is 68.0 Å². The molecule has 112 valence electrons. The summed E-state index contributed by atoms with van der Waals surface area (Å²) in [6.07, 6.45) is 8.59. The van der Waals surface area contributed by atoms with Crippen LogP contribution in [0.1, 0.15) is 64.6 Å². The van der Waals surface area contributed by atoms with Gasteiger partial charge in [-0.2, -0.15) is 0 Å². The van der Waals surface area contributed by atoms with E-state index >= 15 is 0 Å². The number of hydrogen-bond acceptors (Lipinski definition) is 2. The number of rotatable bonds is 4. The number of hydrogen-bond donors (Lipinski definition) is 1. The molecule has 2 fully saturated rings. The fourth-order valence-electron chi connectivity index (χ4n) is 3.72. The Balaban J connectivity index is 1.69. The maximum absolute atomic E-state index is 5.76. The lowest BCUT2D eigenvalue weighted by Crippen LogP contribution is -2.36. The monoisotopic (exact) mass is 275 g/mol. The van der Waals surface area contributed by atoms with Gasteiger partial charge < -0.3 is 9.73 Å². The predicted octanol–water partition coefficient (Wildman–Crippen LogP) is 4.58. The zero-order valence-electron chi connectivity index (χ0n) is 13.2. The summed E-state index contributed by atoms with van der Waals surface area (Å²) in [4.78, 5) is 0. The molecule has 3 unspecified atom stereocenters. The third-order valence-corrected chi connectivity index (χ3v) is 5.37. The minimum atomic E-state index is 0.416. The minimum Gasteiger partial charge on any atom is -0.469 e. The number of furan rings is 1. The van der Waals surface area contributed by atoms with Crippen LogP contribution in [-0.2, 0) is 0 Å². The van der Waals surface area contributed by atoms with E-state index in [-0.39, 0.29) is 0 Å². The van der Waals surface area contributed by atoms with Crippen molar-refractivity contribution in [2.75, 3.05) is 6.54 Å². The third-order valence-electron chi connectivity index (χ3n) is 5.37. The molecule has 2 aliphatic carbocycles. The van der Waals surface area contributed by atoms with Crippen molar-refractivity contribution < 1.29 is 4.42 Å². The molecule has 2 saturated carbocycles. The molecule has 20 heavy (non-hydrogen) atoms. The van der Waals surface area contributed by atoms with Crippen molar-refractivity contribution in [1.82, 2.24) is 5.32 Å². The number of nitrogens with one attached hydrogen (secondary N) is 1. The van der Waals surface area contributed by atoms with Gasteiger partial charge in [0.05, 0.1) is 6.26 Å². The molecule has 1 N–H and O–H groups in total. The van der Waals surface area contributed by atoms with Gasteiger partial charge in [0.1, 0.15) is 5.76 Å². The van der Waals surface area contributed by atoms with Crippen LogP contribution in [0.25, 0.3) is 0 Å². The van der Waals surface area contributed by atoms with E-state index in [0.29, 0.717) is 11.3 Å². The first kappa shape index (κ1) is 14.2. The van der Waals surface area contributed by atoms with E-state index in [1.165, 1.54) is 44.4 Å². The summed E-state index contributed by atoms with van der Waals surface area (Å²) in [5.74, 6) is 3.38. The Kier molecular flexibility index (Phi) is 3.94. The van der Waals surface area contributed by atoms with Crippen molar-refractivity contribution in [3.8, 4) is 0 Å². The van der Waals surface area contributed by atoms with Gasteiger partial charge in [-0.1, -0.05) is 20.8 Å². The average Bonchev–Trinajstić information content (AvgIpc) is 3.07. The topological polar surface area (TPSA) is 25.2 Å². The molecule has 1 aromatic heterocycles. The highest BCUT2D eigenvalue weighted by molar-refractivity contribution is 5.10. The SMILES string of the molecule is CC(C)(C)C1CCC(CNC2CC2)C(c2ccco2)C1. The Morgan fingerprint density at radius 1 is 1.20 bits per heavy atom. The molecular weight excluding hydrogens is 246 g/mol. The molecule has 1 aromatic rings. The lowest BCUT2D eigenvalue weighted by atomic mass is 9.65. The summed E-state index contributed by atoms with van der Waals surface area (Å²) in [6, 6.07) is 5.04. The van der Waals surface area contributed by atoms with Crippen LogP contribution in [0.2, 0.25) is 0 Å².